The fourth-order valence-electron chi connectivity index (χ4n) is 3.26. The second kappa shape index (κ2) is 7.04. The van der Waals surface area contributed by atoms with E-state index in [1.807, 2.05) is 43.9 Å². The van der Waals surface area contributed by atoms with Crippen molar-refractivity contribution >= 4 is 23.3 Å². The Morgan fingerprint density at radius 1 is 1.32 bits per heavy atom. The molecule has 1 aromatic rings. The van der Waals surface area contributed by atoms with Gasteiger partial charge in [-0.3, -0.25) is 4.79 Å². The summed E-state index contributed by atoms with van der Waals surface area (Å²) in [4.78, 5) is 26.5. The lowest BCUT2D eigenvalue weighted by Gasteiger charge is -2.26. The molecule has 25 heavy (non-hydrogen) atoms. The third-order valence-electron chi connectivity index (χ3n) is 4.64. The van der Waals surface area contributed by atoms with Crippen molar-refractivity contribution in [3.63, 3.8) is 0 Å². The van der Waals surface area contributed by atoms with Gasteiger partial charge < -0.3 is 20.3 Å². The van der Waals surface area contributed by atoms with E-state index in [1.54, 1.807) is 0 Å². The molecule has 3 amide bonds. The second-order valence-electron chi connectivity index (χ2n) is 7.77. The van der Waals surface area contributed by atoms with Crippen LogP contribution < -0.4 is 15.5 Å². The monoisotopic (exact) mass is 345 g/mol. The zero-order chi connectivity index (χ0) is 18.0. The largest absolute Gasteiger partial charge is 0.376 e. The molecule has 2 aliphatic rings. The van der Waals surface area contributed by atoms with Gasteiger partial charge in [0.2, 0.25) is 5.91 Å². The lowest BCUT2D eigenvalue weighted by Crippen LogP contribution is -2.38. The van der Waals surface area contributed by atoms with E-state index in [1.165, 1.54) is 0 Å². The van der Waals surface area contributed by atoms with Crippen molar-refractivity contribution in [2.45, 2.75) is 46.1 Å². The highest BCUT2D eigenvalue weighted by atomic mass is 16.5. The minimum Gasteiger partial charge on any atom is -0.376 e. The number of urea groups is 1. The summed E-state index contributed by atoms with van der Waals surface area (Å²) in [7, 11) is 0. The average Bonchev–Trinajstić information content (AvgIpc) is 3.20. The van der Waals surface area contributed by atoms with E-state index in [4.69, 9.17) is 4.74 Å². The van der Waals surface area contributed by atoms with Crippen molar-refractivity contribution in [3.05, 3.63) is 23.8 Å². The average molecular weight is 345 g/mol. The molecule has 2 heterocycles. The summed E-state index contributed by atoms with van der Waals surface area (Å²) >= 11 is 0. The van der Waals surface area contributed by atoms with Crippen molar-refractivity contribution in [2.24, 2.45) is 5.41 Å². The first-order valence-electron chi connectivity index (χ1n) is 8.96. The van der Waals surface area contributed by atoms with E-state index >= 15 is 0 Å². The molecular formula is C19H27N3O3. The Balaban J connectivity index is 1.64. The van der Waals surface area contributed by atoms with Gasteiger partial charge in [-0.15, -0.1) is 0 Å². The molecule has 0 bridgehead atoms. The Morgan fingerprint density at radius 2 is 2.12 bits per heavy atom. The number of amides is 3. The summed E-state index contributed by atoms with van der Waals surface area (Å²) in [5.41, 5.74) is 2.31. The standard InChI is InChI=1S/C19H27N3O3/c1-19(2,3)17(23)22-9-8-13-6-7-14(11-16(13)22)21-18(24)20-12-15-5-4-10-25-15/h6-7,11,15H,4-5,8-10,12H2,1-3H3,(H2,20,21,24)/t15-/m1/s1. The van der Waals surface area contributed by atoms with E-state index in [2.05, 4.69) is 10.6 Å². The van der Waals surface area contributed by atoms with Gasteiger partial charge in [0, 0.05) is 36.5 Å². The maximum absolute atomic E-state index is 12.6. The fourth-order valence-corrected chi connectivity index (χ4v) is 3.26. The fraction of sp³-hybridized carbons (Fsp3) is 0.579. The maximum Gasteiger partial charge on any atom is 0.319 e. The molecule has 1 atom stereocenters. The number of nitrogens with one attached hydrogen (secondary N) is 2. The first kappa shape index (κ1) is 17.7. The molecule has 1 fully saturated rings. The zero-order valence-electron chi connectivity index (χ0n) is 15.2. The number of rotatable bonds is 3. The number of hydrogen-bond acceptors (Lipinski definition) is 3. The molecule has 1 saturated heterocycles. The van der Waals surface area contributed by atoms with Crippen molar-refractivity contribution in [2.75, 3.05) is 29.9 Å². The SMILES string of the molecule is CC(C)(C)C(=O)N1CCc2ccc(NC(=O)NC[C@H]3CCCO3)cc21. The Labute approximate surface area is 148 Å². The Morgan fingerprint density at radius 3 is 2.80 bits per heavy atom. The molecule has 0 unspecified atom stereocenters. The van der Waals surface area contributed by atoms with E-state index in [-0.39, 0.29) is 18.0 Å². The molecule has 0 aromatic heterocycles. The molecule has 1 aromatic carbocycles. The molecule has 2 aliphatic heterocycles. The van der Waals surface area contributed by atoms with Crippen LogP contribution in [0, 0.1) is 5.41 Å². The number of fused-ring (bicyclic) bond motifs is 1. The number of nitrogens with zero attached hydrogens (tertiary/aromatic N) is 1. The van der Waals surface area contributed by atoms with Crippen LogP contribution in [0.25, 0.3) is 0 Å². The first-order valence-corrected chi connectivity index (χ1v) is 8.96. The highest BCUT2D eigenvalue weighted by Gasteiger charge is 2.32. The van der Waals surface area contributed by atoms with Crippen molar-refractivity contribution < 1.29 is 14.3 Å². The summed E-state index contributed by atoms with van der Waals surface area (Å²) < 4.78 is 5.50. The maximum atomic E-state index is 12.6. The quantitative estimate of drug-likeness (QED) is 0.885. The Hall–Kier alpha value is -2.08. The van der Waals surface area contributed by atoms with E-state index in [9.17, 15) is 9.59 Å². The van der Waals surface area contributed by atoms with Gasteiger partial charge in [-0.1, -0.05) is 26.8 Å². The molecule has 6 heteroatoms. The molecule has 0 radical (unpaired) electrons. The lowest BCUT2D eigenvalue weighted by molar-refractivity contribution is -0.125. The van der Waals surface area contributed by atoms with E-state index in [0.29, 0.717) is 18.8 Å². The number of ether oxygens (including phenoxy) is 1. The summed E-state index contributed by atoms with van der Waals surface area (Å²) in [5, 5.41) is 5.69. The Bertz CT molecular complexity index is 660. The van der Waals surface area contributed by atoms with Gasteiger partial charge in [0.1, 0.15) is 0 Å². The van der Waals surface area contributed by atoms with Crippen LogP contribution in [0.3, 0.4) is 0 Å². The molecule has 2 N–H and O–H groups in total. The van der Waals surface area contributed by atoms with Crippen LogP contribution in [0.5, 0.6) is 0 Å². The summed E-state index contributed by atoms with van der Waals surface area (Å²) in [6.07, 6.45) is 3.01. The van der Waals surface area contributed by atoms with Gasteiger partial charge in [-0.25, -0.2) is 4.79 Å². The third-order valence-corrected chi connectivity index (χ3v) is 4.64. The Kier molecular flexibility index (Phi) is 4.99. The van der Waals surface area contributed by atoms with Crippen LogP contribution in [0.15, 0.2) is 18.2 Å². The molecule has 6 nitrogen and oxygen atoms in total. The summed E-state index contributed by atoms with van der Waals surface area (Å²) in [5.74, 6) is 0.103. The van der Waals surface area contributed by atoms with Crippen LogP contribution >= 0.6 is 0 Å². The van der Waals surface area contributed by atoms with Crippen molar-refractivity contribution in [1.29, 1.82) is 0 Å². The summed E-state index contributed by atoms with van der Waals surface area (Å²) in [6.45, 7) is 7.76. The molecule has 3 rings (SSSR count). The minimum atomic E-state index is -0.427. The number of carbonyl (C=O) groups excluding carboxylic acids is 2. The van der Waals surface area contributed by atoms with Gasteiger partial charge in [-0.2, -0.15) is 0 Å². The first-order chi connectivity index (χ1) is 11.8. The molecular weight excluding hydrogens is 318 g/mol. The van der Waals surface area contributed by atoms with E-state index in [0.717, 1.165) is 37.1 Å². The highest BCUT2D eigenvalue weighted by molar-refractivity contribution is 6.00. The lowest BCUT2D eigenvalue weighted by atomic mass is 9.94. The molecule has 0 spiro atoms. The van der Waals surface area contributed by atoms with Gasteiger partial charge in [0.15, 0.2) is 0 Å². The van der Waals surface area contributed by atoms with Crippen LogP contribution in [-0.2, 0) is 16.0 Å². The van der Waals surface area contributed by atoms with Gasteiger partial charge >= 0.3 is 6.03 Å². The number of anilines is 2. The second-order valence-corrected chi connectivity index (χ2v) is 7.77. The molecule has 0 saturated carbocycles. The predicted octanol–water partition coefficient (Wildman–Crippen LogP) is 2.92. The minimum absolute atomic E-state index is 0.103. The number of carbonyl (C=O) groups is 2. The van der Waals surface area contributed by atoms with E-state index < -0.39 is 5.41 Å². The van der Waals surface area contributed by atoms with Gasteiger partial charge in [-0.05, 0) is 37.0 Å². The normalized spacial score (nSPS) is 19.6. The summed E-state index contributed by atoms with van der Waals surface area (Å²) in [6, 6.07) is 5.51. The highest BCUT2D eigenvalue weighted by Crippen LogP contribution is 2.33. The zero-order valence-corrected chi connectivity index (χ0v) is 15.2. The smallest absolute Gasteiger partial charge is 0.319 e. The number of benzene rings is 1. The molecule has 0 aliphatic carbocycles. The van der Waals surface area contributed by atoms with Gasteiger partial charge in [0.25, 0.3) is 0 Å². The third kappa shape index (κ3) is 4.12. The van der Waals surface area contributed by atoms with Crippen molar-refractivity contribution in [3.8, 4) is 0 Å². The van der Waals surface area contributed by atoms with Crippen LogP contribution in [0.2, 0.25) is 0 Å². The van der Waals surface area contributed by atoms with Crippen LogP contribution in [0.4, 0.5) is 16.2 Å². The molecule has 136 valence electrons. The van der Waals surface area contributed by atoms with Crippen LogP contribution in [-0.4, -0.2) is 37.7 Å². The number of hydrogen-bond donors (Lipinski definition) is 2. The van der Waals surface area contributed by atoms with Crippen molar-refractivity contribution in [1.82, 2.24) is 5.32 Å². The van der Waals surface area contributed by atoms with Crippen LogP contribution in [0.1, 0.15) is 39.2 Å². The van der Waals surface area contributed by atoms with Gasteiger partial charge in [0.05, 0.1) is 6.10 Å². The topological polar surface area (TPSA) is 70.7 Å². The predicted molar refractivity (Wildman–Crippen MR) is 97.9 cm³/mol.